The summed E-state index contributed by atoms with van der Waals surface area (Å²) in [6.07, 6.45) is -0.154. The predicted octanol–water partition coefficient (Wildman–Crippen LogP) is 4.37. The van der Waals surface area contributed by atoms with Crippen molar-refractivity contribution in [1.82, 2.24) is 9.97 Å². The highest BCUT2D eigenvalue weighted by molar-refractivity contribution is 5.70. The van der Waals surface area contributed by atoms with Crippen molar-refractivity contribution in [3.05, 3.63) is 35.5 Å². The van der Waals surface area contributed by atoms with Crippen molar-refractivity contribution in [1.29, 1.82) is 0 Å². The van der Waals surface area contributed by atoms with Crippen LogP contribution in [0.4, 0.5) is 10.6 Å². The van der Waals surface area contributed by atoms with Gasteiger partial charge in [0.15, 0.2) is 17.4 Å². The molecule has 0 fully saturated rings. The Kier molecular flexibility index (Phi) is 6.33. The van der Waals surface area contributed by atoms with Gasteiger partial charge in [0.05, 0.1) is 12.3 Å². The van der Waals surface area contributed by atoms with Gasteiger partial charge in [0.1, 0.15) is 0 Å². The molecule has 0 radical (unpaired) electrons. The molecule has 0 saturated heterocycles. The van der Waals surface area contributed by atoms with Gasteiger partial charge in [0.25, 0.3) is 0 Å². The Labute approximate surface area is 148 Å². The van der Waals surface area contributed by atoms with Crippen LogP contribution in [0.1, 0.15) is 39.0 Å². The number of hydrogen-bond acceptors (Lipinski definition) is 6. The fraction of sp³-hybridized carbons (Fsp3) is 0.421. The zero-order valence-electron chi connectivity index (χ0n) is 15.4. The molecule has 0 atom stereocenters. The number of aryl methyl sites for hydroxylation is 2. The fourth-order valence-corrected chi connectivity index (χ4v) is 2.28. The van der Waals surface area contributed by atoms with Crippen LogP contribution in [-0.2, 0) is 11.2 Å². The average Bonchev–Trinajstić information content (AvgIpc) is 2.56. The molecular weight excluding hydrogens is 318 g/mol. The Hall–Kier alpha value is -2.63. The number of nitrogens with one attached hydrogen (secondary N) is 1. The number of rotatable bonds is 6. The zero-order valence-corrected chi connectivity index (χ0v) is 15.4. The van der Waals surface area contributed by atoms with Gasteiger partial charge in [-0.1, -0.05) is 36.8 Å². The van der Waals surface area contributed by atoms with Gasteiger partial charge in [-0.15, -0.1) is 0 Å². The van der Waals surface area contributed by atoms with E-state index in [1.165, 1.54) is 5.56 Å². The third-order valence-electron chi connectivity index (χ3n) is 3.45. The number of ether oxygens (including phenoxy) is 2. The van der Waals surface area contributed by atoms with Crippen molar-refractivity contribution < 1.29 is 14.3 Å². The Morgan fingerprint density at radius 3 is 2.40 bits per heavy atom. The summed E-state index contributed by atoms with van der Waals surface area (Å²) in [6, 6.07) is 8.12. The molecule has 0 spiro atoms. The molecule has 6 heteroatoms. The summed E-state index contributed by atoms with van der Waals surface area (Å²) in [7, 11) is 0. The molecular formula is C19H25N3O3. The van der Waals surface area contributed by atoms with Gasteiger partial charge < -0.3 is 14.8 Å². The van der Waals surface area contributed by atoms with E-state index in [-0.39, 0.29) is 12.6 Å². The lowest BCUT2D eigenvalue weighted by molar-refractivity contribution is 0.104. The van der Waals surface area contributed by atoms with E-state index in [4.69, 9.17) is 9.47 Å². The zero-order chi connectivity index (χ0) is 18.4. The van der Waals surface area contributed by atoms with Crippen molar-refractivity contribution in [3.63, 3.8) is 0 Å². The summed E-state index contributed by atoms with van der Waals surface area (Å²) in [5, 5.41) is 3.23. The van der Waals surface area contributed by atoms with E-state index in [0.29, 0.717) is 29.5 Å². The van der Waals surface area contributed by atoms with E-state index < -0.39 is 6.16 Å². The maximum Gasteiger partial charge on any atom is 0.514 e. The maximum atomic E-state index is 11.8. The maximum absolute atomic E-state index is 11.8. The van der Waals surface area contributed by atoms with Gasteiger partial charge in [-0.05, 0) is 34.1 Å². The lowest BCUT2D eigenvalue weighted by Crippen LogP contribution is -2.18. The number of nitrogens with zero attached hydrogens (tertiary/aromatic N) is 2. The molecule has 25 heavy (non-hydrogen) atoms. The third-order valence-corrected chi connectivity index (χ3v) is 3.45. The Morgan fingerprint density at radius 2 is 1.84 bits per heavy atom. The van der Waals surface area contributed by atoms with Crippen molar-refractivity contribution >= 4 is 12.0 Å². The number of anilines is 1. The van der Waals surface area contributed by atoms with Gasteiger partial charge in [-0.3, -0.25) is 0 Å². The molecule has 0 bridgehead atoms. The van der Waals surface area contributed by atoms with Crippen LogP contribution in [0.25, 0.3) is 11.4 Å². The molecule has 1 aromatic carbocycles. The Balaban J connectivity index is 2.50. The SMILES string of the molecule is CCOC(=O)Oc1c(CC)nc(-c2ccc(C)cc2)nc1NC(C)C. The lowest BCUT2D eigenvalue weighted by atomic mass is 10.1. The smallest absolute Gasteiger partial charge is 0.434 e. The van der Waals surface area contributed by atoms with Crippen molar-refractivity contribution in [2.45, 2.75) is 47.1 Å². The first-order valence-corrected chi connectivity index (χ1v) is 8.53. The molecule has 2 rings (SSSR count). The van der Waals surface area contributed by atoms with Crippen LogP contribution in [0.3, 0.4) is 0 Å². The molecule has 0 saturated carbocycles. The summed E-state index contributed by atoms with van der Waals surface area (Å²) < 4.78 is 10.3. The largest absolute Gasteiger partial charge is 0.514 e. The van der Waals surface area contributed by atoms with Gasteiger partial charge in [0.2, 0.25) is 0 Å². The first-order chi connectivity index (χ1) is 11.9. The van der Waals surface area contributed by atoms with E-state index in [0.717, 1.165) is 5.56 Å². The van der Waals surface area contributed by atoms with Crippen LogP contribution in [0.5, 0.6) is 5.75 Å². The number of benzene rings is 1. The number of hydrogen-bond donors (Lipinski definition) is 1. The monoisotopic (exact) mass is 343 g/mol. The van der Waals surface area contributed by atoms with Gasteiger partial charge in [-0.2, -0.15) is 0 Å². The van der Waals surface area contributed by atoms with Crippen molar-refractivity contribution in [2.75, 3.05) is 11.9 Å². The molecule has 0 aliphatic rings. The summed E-state index contributed by atoms with van der Waals surface area (Å²) in [6.45, 7) is 9.95. The Morgan fingerprint density at radius 1 is 1.16 bits per heavy atom. The molecule has 134 valence electrons. The topological polar surface area (TPSA) is 73.3 Å². The highest BCUT2D eigenvalue weighted by Crippen LogP contribution is 2.30. The molecule has 1 aromatic heterocycles. The van der Waals surface area contributed by atoms with Crippen LogP contribution in [0.15, 0.2) is 24.3 Å². The molecule has 0 unspecified atom stereocenters. The van der Waals surface area contributed by atoms with Gasteiger partial charge >= 0.3 is 6.16 Å². The van der Waals surface area contributed by atoms with Crippen LogP contribution in [0.2, 0.25) is 0 Å². The van der Waals surface area contributed by atoms with Crippen LogP contribution >= 0.6 is 0 Å². The number of carbonyl (C=O) groups excluding carboxylic acids is 1. The lowest BCUT2D eigenvalue weighted by Gasteiger charge is -2.17. The standard InChI is InChI=1S/C19H25N3O3/c1-6-15-16(25-19(23)24-7-2)18(20-12(3)4)22-17(21-15)14-10-8-13(5)9-11-14/h8-12H,6-7H2,1-5H3,(H,20,21,22). The highest BCUT2D eigenvalue weighted by Gasteiger charge is 2.20. The van der Waals surface area contributed by atoms with E-state index in [2.05, 4.69) is 15.3 Å². The summed E-state index contributed by atoms with van der Waals surface area (Å²) >= 11 is 0. The molecule has 2 aromatic rings. The Bertz CT molecular complexity index is 727. The quantitative estimate of drug-likeness (QED) is 0.785. The van der Waals surface area contributed by atoms with Gasteiger partial charge in [-0.25, -0.2) is 14.8 Å². The summed E-state index contributed by atoms with van der Waals surface area (Å²) in [5.74, 6) is 1.41. The molecule has 1 heterocycles. The average molecular weight is 343 g/mol. The third kappa shape index (κ3) is 4.92. The molecule has 0 aliphatic heterocycles. The normalized spacial score (nSPS) is 10.6. The first-order valence-electron chi connectivity index (χ1n) is 8.53. The first kappa shape index (κ1) is 18.7. The second-order valence-electron chi connectivity index (χ2n) is 5.98. The number of aromatic nitrogens is 2. The predicted molar refractivity (Wildman–Crippen MR) is 98.0 cm³/mol. The van der Waals surface area contributed by atoms with Crippen LogP contribution < -0.4 is 10.1 Å². The molecule has 0 amide bonds. The van der Waals surface area contributed by atoms with E-state index >= 15 is 0 Å². The molecule has 6 nitrogen and oxygen atoms in total. The molecule has 1 N–H and O–H groups in total. The van der Waals surface area contributed by atoms with E-state index in [1.54, 1.807) is 6.92 Å². The minimum atomic E-state index is -0.754. The number of carbonyl (C=O) groups is 1. The van der Waals surface area contributed by atoms with Crippen LogP contribution in [0, 0.1) is 6.92 Å². The minimum Gasteiger partial charge on any atom is -0.434 e. The second kappa shape index (κ2) is 8.46. The molecule has 0 aliphatic carbocycles. The van der Waals surface area contributed by atoms with E-state index in [9.17, 15) is 4.79 Å². The minimum absolute atomic E-state index is 0.120. The second-order valence-corrected chi connectivity index (χ2v) is 5.98. The van der Waals surface area contributed by atoms with E-state index in [1.807, 2.05) is 52.0 Å². The van der Waals surface area contributed by atoms with Gasteiger partial charge in [0, 0.05) is 11.6 Å². The summed E-state index contributed by atoms with van der Waals surface area (Å²) in [4.78, 5) is 21.0. The highest BCUT2D eigenvalue weighted by atomic mass is 16.7. The van der Waals surface area contributed by atoms with Crippen molar-refractivity contribution in [2.24, 2.45) is 0 Å². The van der Waals surface area contributed by atoms with Crippen molar-refractivity contribution in [3.8, 4) is 17.1 Å². The summed E-state index contributed by atoms with van der Waals surface area (Å²) in [5.41, 5.74) is 2.74. The fourth-order valence-electron chi connectivity index (χ4n) is 2.28. The van der Waals surface area contributed by atoms with Crippen LogP contribution in [-0.4, -0.2) is 28.8 Å².